The Bertz CT molecular complexity index is 559. The molecule has 1 N–H and O–H groups in total. The van der Waals surface area contributed by atoms with Gasteiger partial charge in [-0.05, 0) is 31.7 Å². The number of hydrogen-bond donors (Lipinski definition) is 1. The molecule has 5 nitrogen and oxygen atoms in total. The van der Waals surface area contributed by atoms with Gasteiger partial charge in [0.15, 0.2) is 0 Å². The Kier molecular flexibility index (Phi) is 6.12. The zero-order valence-corrected chi connectivity index (χ0v) is 13.6. The number of carboxylic acids is 1. The Morgan fingerprint density at radius 2 is 1.86 bits per heavy atom. The molecule has 0 fully saturated rings. The van der Waals surface area contributed by atoms with Crippen molar-refractivity contribution in [3.8, 4) is 0 Å². The first-order valence-corrected chi connectivity index (χ1v) is 7.61. The number of carbonyl (C=O) groups is 1. The molecule has 0 spiro atoms. The molecular formula is C16H26N2O3. The summed E-state index contributed by atoms with van der Waals surface area (Å²) in [5, 5.41) is 9.08. The van der Waals surface area contributed by atoms with Gasteiger partial charge in [0.1, 0.15) is 0 Å². The molecule has 0 aliphatic carbocycles. The van der Waals surface area contributed by atoms with E-state index in [0.717, 1.165) is 24.1 Å². The third-order valence-corrected chi connectivity index (χ3v) is 4.30. The first kappa shape index (κ1) is 17.4. The van der Waals surface area contributed by atoms with Crippen molar-refractivity contribution in [1.29, 1.82) is 0 Å². The monoisotopic (exact) mass is 294 g/mol. The van der Waals surface area contributed by atoms with Crippen LogP contribution in [-0.2, 0) is 17.8 Å². The van der Waals surface area contributed by atoms with Crippen LogP contribution in [0.1, 0.15) is 50.6 Å². The second kappa shape index (κ2) is 7.38. The summed E-state index contributed by atoms with van der Waals surface area (Å²) in [6, 6.07) is 0. The molecule has 118 valence electrons. The lowest BCUT2D eigenvalue weighted by molar-refractivity contribution is -0.141. The summed E-state index contributed by atoms with van der Waals surface area (Å²) in [5.41, 5.74) is 2.15. The van der Waals surface area contributed by atoms with E-state index in [0.29, 0.717) is 24.6 Å². The van der Waals surface area contributed by atoms with Crippen LogP contribution in [0.5, 0.6) is 0 Å². The Hall–Kier alpha value is -1.65. The van der Waals surface area contributed by atoms with E-state index in [9.17, 15) is 9.59 Å². The number of aromatic nitrogens is 2. The molecule has 0 aromatic carbocycles. The third-order valence-electron chi connectivity index (χ3n) is 4.30. The highest BCUT2D eigenvalue weighted by molar-refractivity contribution is 5.70. The van der Waals surface area contributed by atoms with Crippen LogP contribution in [0.4, 0.5) is 0 Å². The van der Waals surface area contributed by atoms with Gasteiger partial charge in [0, 0.05) is 17.9 Å². The van der Waals surface area contributed by atoms with Crippen molar-refractivity contribution < 1.29 is 9.90 Å². The highest BCUT2D eigenvalue weighted by atomic mass is 16.4. The standard InChI is InChI=1S/C16H26N2O3/c1-6-13(7-2)9-18-12(5)14(8-10(3)15(19)20)11(4)17-16(18)21/h10,13H,6-9H2,1-5H3,(H,19,20). The molecule has 0 saturated heterocycles. The summed E-state index contributed by atoms with van der Waals surface area (Å²) in [6.45, 7) is 10.2. The first-order valence-electron chi connectivity index (χ1n) is 7.61. The maximum Gasteiger partial charge on any atom is 0.347 e. The lowest BCUT2D eigenvalue weighted by Crippen LogP contribution is -2.31. The molecule has 1 aromatic heterocycles. The molecule has 1 heterocycles. The Morgan fingerprint density at radius 1 is 1.29 bits per heavy atom. The summed E-state index contributed by atoms with van der Waals surface area (Å²) in [4.78, 5) is 27.3. The fourth-order valence-corrected chi connectivity index (χ4v) is 2.55. The predicted molar refractivity (Wildman–Crippen MR) is 82.5 cm³/mol. The highest BCUT2D eigenvalue weighted by Gasteiger charge is 2.19. The summed E-state index contributed by atoms with van der Waals surface area (Å²) in [6.07, 6.45) is 2.43. The predicted octanol–water partition coefficient (Wildman–Crippen LogP) is 2.56. The van der Waals surface area contributed by atoms with E-state index in [4.69, 9.17) is 5.11 Å². The van der Waals surface area contributed by atoms with Gasteiger partial charge in [-0.15, -0.1) is 0 Å². The van der Waals surface area contributed by atoms with Gasteiger partial charge in [-0.1, -0.05) is 33.6 Å². The highest BCUT2D eigenvalue weighted by Crippen LogP contribution is 2.17. The van der Waals surface area contributed by atoms with Crippen molar-refractivity contribution in [2.75, 3.05) is 0 Å². The number of nitrogens with zero attached hydrogens (tertiary/aromatic N) is 2. The second-order valence-corrected chi connectivity index (χ2v) is 5.78. The van der Waals surface area contributed by atoms with E-state index < -0.39 is 11.9 Å². The van der Waals surface area contributed by atoms with Crippen LogP contribution in [0.25, 0.3) is 0 Å². The lowest BCUT2D eigenvalue weighted by Gasteiger charge is -2.20. The molecule has 0 radical (unpaired) electrons. The van der Waals surface area contributed by atoms with Gasteiger partial charge in [-0.2, -0.15) is 4.98 Å². The molecule has 0 aliphatic rings. The van der Waals surface area contributed by atoms with Gasteiger partial charge in [-0.3, -0.25) is 9.36 Å². The molecule has 1 aromatic rings. The number of carboxylic acid groups (broad SMARTS) is 1. The lowest BCUT2D eigenvalue weighted by atomic mass is 9.98. The van der Waals surface area contributed by atoms with E-state index in [1.165, 1.54) is 0 Å². The topological polar surface area (TPSA) is 72.2 Å². The normalized spacial score (nSPS) is 12.7. The molecule has 5 heteroatoms. The van der Waals surface area contributed by atoms with Crippen LogP contribution < -0.4 is 5.69 Å². The molecular weight excluding hydrogens is 268 g/mol. The van der Waals surface area contributed by atoms with Crippen molar-refractivity contribution >= 4 is 5.97 Å². The average molecular weight is 294 g/mol. The van der Waals surface area contributed by atoms with E-state index in [1.807, 2.05) is 6.92 Å². The fraction of sp³-hybridized carbons (Fsp3) is 0.688. The van der Waals surface area contributed by atoms with Gasteiger partial charge in [0.05, 0.1) is 5.92 Å². The van der Waals surface area contributed by atoms with Crippen molar-refractivity contribution in [2.24, 2.45) is 11.8 Å². The Balaban J connectivity index is 3.22. The summed E-state index contributed by atoms with van der Waals surface area (Å²) < 4.78 is 1.70. The smallest absolute Gasteiger partial charge is 0.347 e. The fourth-order valence-electron chi connectivity index (χ4n) is 2.55. The summed E-state index contributed by atoms with van der Waals surface area (Å²) in [5.74, 6) is -0.870. The van der Waals surface area contributed by atoms with Gasteiger partial charge in [0.2, 0.25) is 0 Å². The van der Waals surface area contributed by atoms with E-state index in [1.54, 1.807) is 18.4 Å². The molecule has 0 bridgehead atoms. The molecule has 1 unspecified atom stereocenters. The van der Waals surface area contributed by atoms with Crippen molar-refractivity contribution in [3.63, 3.8) is 0 Å². The van der Waals surface area contributed by atoms with Crippen LogP contribution in [0.15, 0.2) is 4.79 Å². The molecule has 0 amide bonds. The minimum Gasteiger partial charge on any atom is -0.481 e. The van der Waals surface area contributed by atoms with Crippen LogP contribution in [0.2, 0.25) is 0 Å². The van der Waals surface area contributed by atoms with Gasteiger partial charge >= 0.3 is 11.7 Å². The molecule has 0 aliphatic heterocycles. The first-order chi connectivity index (χ1) is 9.81. The van der Waals surface area contributed by atoms with Gasteiger partial charge in [-0.25, -0.2) is 4.79 Å². The van der Waals surface area contributed by atoms with Crippen LogP contribution >= 0.6 is 0 Å². The average Bonchev–Trinajstić information content (AvgIpc) is 2.43. The van der Waals surface area contributed by atoms with Crippen LogP contribution in [0.3, 0.4) is 0 Å². The van der Waals surface area contributed by atoms with E-state index in [2.05, 4.69) is 18.8 Å². The molecule has 1 atom stereocenters. The minimum atomic E-state index is -0.827. The van der Waals surface area contributed by atoms with Crippen LogP contribution in [-0.4, -0.2) is 20.6 Å². The van der Waals surface area contributed by atoms with Gasteiger partial charge < -0.3 is 5.11 Å². The molecule has 0 saturated carbocycles. The molecule has 1 rings (SSSR count). The third kappa shape index (κ3) is 4.16. The molecule has 21 heavy (non-hydrogen) atoms. The maximum atomic E-state index is 12.1. The SMILES string of the molecule is CCC(CC)Cn1c(C)c(CC(C)C(=O)O)c(C)nc1=O. The van der Waals surface area contributed by atoms with E-state index in [-0.39, 0.29) is 5.69 Å². The Morgan fingerprint density at radius 3 is 2.33 bits per heavy atom. The summed E-state index contributed by atoms with van der Waals surface area (Å²) in [7, 11) is 0. The number of aryl methyl sites for hydroxylation is 1. The number of rotatable bonds is 7. The summed E-state index contributed by atoms with van der Waals surface area (Å²) >= 11 is 0. The number of hydrogen-bond acceptors (Lipinski definition) is 3. The number of aliphatic carboxylic acids is 1. The zero-order chi connectivity index (χ0) is 16.2. The minimum absolute atomic E-state index is 0.233. The Labute approximate surface area is 126 Å². The second-order valence-electron chi connectivity index (χ2n) is 5.78. The van der Waals surface area contributed by atoms with Gasteiger partial charge in [0.25, 0.3) is 0 Å². The largest absolute Gasteiger partial charge is 0.481 e. The van der Waals surface area contributed by atoms with Crippen LogP contribution in [0, 0.1) is 25.7 Å². The van der Waals surface area contributed by atoms with E-state index >= 15 is 0 Å². The zero-order valence-electron chi connectivity index (χ0n) is 13.6. The quantitative estimate of drug-likeness (QED) is 0.839. The van der Waals surface area contributed by atoms with Crippen molar-refractivity contribution in [1.82, 2.24) is 9.55 Å². The maximum absolute atomic E-state index is 12.1. The van der Waals surface area contributed by atoms with Crippen molar-refractivity contribution in [2.45, 2.75) is 60.4 Å². The van der Waals surface area contributed by atoms with Crippen molar-refractivity contribution in [3.05, 3.63) is 27.4 Å².